The molecule has 0 bridgehead atoms. The summed E-state index contributed by atoms with van der Waals surface area (Å²) in [5.74, 6) is -0.545. The highest BCUT2D eigenvalue weighted by Gasteiger charge is 2.31. The van der Waals surface area contributed by atoms with Crippen molar-refractivity contribution >= 4 is 32.3 Å². The van der Waals surface area contributed by atoms with E-state index in [1.54, 1.807) is 0 Å². The number of anilines is 1. The maximum absolute atomic E-state index is 12.5. The minimum absolute atomic E-state index is 0.185. The van der Waals surface area contributed by atoms with Crippen molar-refractivity contribution < 1.29 is 13.2 Å². The quantitative estimate of drug-likeness (QED) is 0.896. The molecule has 1 saturated heterocycles. The van der Waals surface area contributed by atoms with Gasteiger partial charge in [-0.25, -0.2) is 12.7 Å². The minimum atomic E-state index is -3.27. The molecule has 2 aliphatic rings. The van der Waals surface area contributed by atoms with Crippen LogP contribution in [0.4, 0.5) is 5.00 Å². The van der Waals surface area contributed by atoms with E-state index < -0.39 is 10.0 Å². The van der Waals surface area contributed by atoms with E-state index in [2.05, 4.69) is 11.4 Å². The van der Waals surface area contributed by atoms with Crippen molar-refractivity contribution in [2.24, 2.45) is 5.92 Å². The topological polar surface area (TPSA) is 90.3 Å². The Morgan fingerprint density at radius 3 is 2.87 bits per heavy atom. The van der Waals surface area contributed by atoms with Gasteiger partial charge in [0.05, 0.1) is 17.7 Å². The highest BCUT2D eigenvalue weighted by Crippen LogP contribution is 2.38. The van der Waals surface area contributed by atoms with Crippen LogP contribution in [0.25, 0.3) is 0 Å². The standard InChI is InChI=1S/C15H19N3O3S2/c1-23(20,21)18-7-3-4-10(9-18)14(19)17-15-12(8-16)11-5-2-6-13(11)22-15/h10H,2-7,9H2,1H3,(H,17,19). The van der Waals surface area contributed by atoms with Crippen LogP contribution in [0.1, 0.15) is 35.3 Å². The number of nitrogens with one attached hydrogen (secondary N) is 1. The smallest absolute Gasteiger partial charge is 0.229 e. The Kier molecular flexibility index (Phi) is 4.45. The van der Waals surface area contributed by atoms with Crippen molar-refractivity contribution in [2.45, 2.75) is 32.1 Å². The molecule has 1 aromatic rings. The number of sulfonamides is 1. The van der Waals surface area contributed by atoms with Crippen molar-refractivity contribution in [3.63, 3.8) is 0 Å². The van der Waals surface area contributed by atoms with E-state index in [4.69, 9.17) is 0 Å². The van der Waals surface area contributed by atoms with E-state index >= 15 is 0 Å². The number of rotatable bonds is 3. The van der Waals surface area contributed by atoms with Gasteiger partial charge in [-0.05, 0) is 37.7 Å². The fraction of sp³-hybridized carbons (Fsp3) is 0.600. The molecule has 1 atom stereocenters. The number of fused-ring (bicyclic) bond motifs is 1. The first-order valence-corrected chi connectivity index (χ1v) is 10.4. The zero-order valence-corrected chi connectivity index (χ0v) is 14.6. The summed E-state index contributed by atoms with van der Waals surface area (Å²) in [6.45, 7) is 0.691. The monoisotopic (exact) mass is 353 g/mol. The number of hydrogen-bond acceptors (Lipinski definition) is 5. The van der Waals surface area contributed by atoms with Gasteiger partial charge in [0.1, 0.15) is 11.1 Å². The van der Waals surface area contributed by atoms with Crippen molar-refractivity contribution in [3.8, 4) is 6.07 Å². The Bertz CT molecular complexity index is 777. The molecule has 3 rings (SSSR count). The molecule has 6 nitrogen and oxygen atoms in total. The molecule has 1 aliphatic carbocycles. The molecule has 1 unspecified atom stereocenters. The Balaban J connectivity index is 1.74. The molecule has 8 heteroatoms. The molecule has 1 fully saturated rings. The van der Waals surface area contributed by atoms with Gasteiger partial charge in [-0.1, -0.05) is 0 Å². The predicted molar refractivity (Wildman–Crippen MR) is 88.8 cm³/mol. The van der Waals surface area contributed by atoms with Gasteiger partial charge in [0, 0.05) is 18.0 Å². The highest BCUT2D eigenvalue weighted by atomic mass is 32.2. The van der Waals surface area contributed by atoms with Crippen LogP contribution < -0.4 is 5.32 Å². The van der Waals surface area contributed by atoms with Gasteiger partial charge in [0.15, 0.2) is 0 Å². The van der Waals surface area contributed by atoms with Crippen LogP contribution in [0.5, 0.6) is 0 Å². The lowest BCUT2D eigenvalue weighted by molar-refractivity contribution is -0.120. The number of nitriles is 1. The fourth-order valence-electron chi connectivity index (χ4n) is 3.28. The molecule has 0 spiro atoms. The zero-order valence-electron chi connectivity index (χ0n) is 13.0. The average molecular weight is 353 g/mol. The summed E-state index contributed by atoms with van der Waals surface area (Å²) >= 11 is 1.49. The Morgan fingerprint density at radius 1 is 1.39 bits per heavy atom. The first-order chi connectivity index (χ1) is 10.9. The zero-order chi connectivity index (χ0) is 16.6. The molecule has 124 valence electrons. The molecule has 0 aromatic carbocycles. The first-order valence-electron chi connectivity index (χ1n) is 7.70. The lowest BCUT2D eigenvalue weighted by Crippen LogP contribution is -2.43. The number of nitrogens with zero attached hydrogens (tertiary/aromatic N) is 2. The Morgan fingerprint density at radius 2 is 2.17 bits per heavy atom. The van der Waals surface area contributed by atoms with Crippen LogP contribution in [-0.2, 0) is 27.7 Å². The number of thiophene rings is 1. The van der Waals surface area contributed by atoms with Crippen molar-refractivity contribution in [2.75, 3.05) is 24.7 Å². The molecule has 1 aliphatic heterocycles. The molecule has 1 N–H and O–H groups in total. The molecule has 1 aromatic heterocycles. The van der Waals surface area contributed by atoms with Gasteiger partial charge in [-0.15, -0.1) is 11.3 Å². The van der Waals surface area contributed by atoms with Crippen LogP contribution in [-0.4, -0.2) is 38.0 Å². The van der Waals surface area contributed by atoms with Crippen LogP contribution >= 0.6 is 11.3 Å². The van der Waals surface area contributed by atoms with E-state index in [1.165, 1.54) is 26.8 Å². The number of aryl methyl sites for hydroxylation is 1. The molecule has 1 amide bonds. The lowest BCUT2D eigenvalue weighted by Gasteiger charge is -2.30. The Hall–Kier alpha value is -1.43. The van der Waals surface area contributed by atoms with Gasteiger partial charge in [-0.2, -0.15) is 5.26 Å². The molecule has 0 saturated carbocycles. The minimum Gasteiger partial charge on any atom is -0.316 e. The summed E-state index contributed by atoms with van der Waals surface area (Å²) in [5, 5.41) is 12.9. The van der Waals surface area contributed by atoms with E-state index in [0.717, 1.165) is 24.8 Å². The predicted octanol–water partition coefficient (Wildman–Crippen LogP) is 1.72. The van der Waals surface area contributed by atoms with E-state index in [1.807, 2.05) is 0 Å². The van der Waals surface area contributed by atoms with Gasteiger partial charge in [0.2, 0.25) is 15.9 Å². The average Bonchev–Trinajstić information content (AvgIpc) is 3.06. The summed E-state index contributed by atoms with van der Waals surface area (Å²) in [7, 11) is -3.27. The normalized spacial score (nSPS) is 21.7. The fourth-order valence-corrected chi connectivity index (χ4v) is 5.44. The van der Waals surface area contributed by atoms with Crippen LogP contribution in [0.3, 0.4) is 0 Å². The largest absolute Gasteiger partial charge is 0.316 e. The third-order valence-corrected chi connectivity index (χ3v) is 6.97. The van der Waals surface area contributed by atoms with E-state index in [-0.39, 0.29) is 18.4 Å². The highest BCUT2D eigenvalue weighted by molar-refractivity contribution is 7.88. The maximum Gasteiger partial charge on any atom is 0.229 e. The van der Waals surface area contributed by atoms with E-state index in [9.17, 15) is 18.5 Å². The second kappa shape index (κ2) is 6.23. The van der Waals surface area contributed by atoms with Crippen molar-refractivity contribution in [3.05, 3.63) is 16.0 Å². The molecule has 2 heterocycles. The van der Waals surface area contributed by atoms with Crippen LogP contribution in [0.2, 0.25) is 0 Å². The van der Waals surface area contributed by atoms with Crippen LogP contribution in [0.15, 0.2) is 0 Å². The SMILES string of the molecule is CS(=O)(=O)N1CCCC(C(=O)Nc2sc3c(c2C#N)CCC3)C1. The molecule has 23 heavy (non-hydrogen) atoms. The van der Waals surface area contributed by atoms with Gasteiger partial charge < -0.3 is 5.32 Å². The summed E-state index contributed by atoms with van der Waals surface area (Å²) in [6.07, 6.45) is 5.45. The van der Waals surface area contributed by atoms with Crippen molar-refractivity contribution in [1.29, 1.82) is 5.26 Å². The van der Waals surface area contributed by atoms with Crippen molar-refractivity contribution in [1.82, 2.24) is 4.31 Å². The third-order valence-electron chi connectivity index (χ3n) is 4.49. The van der Waals surface area contributed by atoms with Gasteiger partial charge >= 0.3 is 0 Å². The second-order valence-corrected chi connectivity index (χ2v) is 9.21. The number of piperidine rings is 1. The number of carbonyl (C=O) groups excluding carboxylic acids is 1. The first kappa shape index (κ1) is 16.4. The second-order valence-electron chi connectivity index (χ2n) is 6.12. The molecular formula is C15H19N3O3S2. The maximum atomic E-state index is 12.5. The Labute approximate surface area is 140 Å². The van der Waals surface area contributed by atoms with Crippen LogP contribution in [0, 0.1) is 17.2 Å². The summed E-state index contributed by atoms with van der Waals surface area (Å²) < 4.78 is 24.7. The third kappa shape index (κ3) is 3.27. The van der Waals surface area contributed by atoms with Gasteiger partial charge in [-0.3, -0.25) is 4.79 Å². The number of hydrogen-bond donors (Lipinski definition) is 1. The summed E-state index contributed by atoms with van der Waals surface area (Å²) in [5.41, 5.74) is 1.67. The number of carbonyl (C=O) groups is 1. The summed E-state index contributed by atoms with van der Waals surface area (Å²) in [6, 6.07) is 2.21. The summed E-state index contributed by atoms with van der Waals surface area (Å²) in [4.78, 5) is 13.7. The van der Waals surface area contributed by atoms with Gasteiger partial charge in [0.25, 0.3) is 0 Å². The molecule has 0 radical (unpaired) electrons. The lowest BCUT2D eigenvalue weighted by atomic mass is 9.99. The van der Waals surface area contributed by atoms with E-state index in [0.29, 0.717) is 30.0 Å². The molecular weight excluding hydrogens is 334 g/mol. The number of amides is 1.